The van der Waals surface area contributed by atoms with Crippen molar-refractivity contribution in [2.24, 2.45) is 0 Å². The lowest BCUT2D eigenvalue weighted by Gasteiger charge is -2.45. The average molecular weight is 673 g/mol. The summed E-state index contributed by atoms with van der Waals surface area (Å²) in [5.41, 5.74) is 4.97. The lowest BCUT2D eigenvalue weighted by molar-refractivity contribution is -0.678. The lowest BCUT2D eigenvalue weighted by Crippen LogP contribution is -2.65. The van der Waals surface area contributed by atoms with Gasteiger partial charge in [-0.3, -0.25) is 9.11 Å². The minimum absolute atomic E-state index is 0.0893. The molecule has 2 N–H and O–H groups in total. The summed E-state index contributed by atoms with van der Waals surface area (Å²) in [6, 6.07) is 21.1. The molecule has 0 aliphatic carbocycles. The van der Waals surface area contributed by atoms with Crippen molar-refractivity contribution in [3.05, 3.63) is 95.2 Å². The van der Waals surface area contributed by atoms with E-state index in [2.05, 4.69) is 0 Å². The maximum Gasteiger partial charge on any atom is 0.374 e. The summed E-state index contributed by atoms with van der Waals surface area (Å²) in [6.45, 7) is 4.31. The van der Waals surface area contributed by atoms with E-state index in [1.807, 2.05) is 72.2 Å². The molecule has 4 aromatic rings. The molecule has 1 saturated heterocycles. The monoisotopic (exact) mass is 672 g/mol. The first-order valence-electron chi connectivity index (χ1n) is 14.5. The highest BCUT2D eigenvalue weighted by Crippen LogP contribution is 2.53. The van der Waals surface area contributed by atoms with Gasteiger partial charge in [0.25, 0.3) is 15.6 Å². The topological polar surface area (TPSA) is 127 Å². The third-order valence-corrected chi connectivity index (χ3v) is 10.4. The second-order valence-electron chi connectivity index (χ2n) is 11.2. The Morgan fingerprint density at radius 3 is 2.62 bits per heavy atom. The zero-order valence-electron chi connectivity index (χ0n) is 24.6. The number of allylic oxidation sites excluding steroid dienone is 2. The Morgan fingerprint density at radius 1 is 1.18 bits per heavy atom. The molecule has 10 nitrogen and oxygen atoms in total. The zero-order chi connectivity index (χ0) is 31.9. The first-order valence-corrected chi connectivity index (χ1v) is 17.5. The molecular weight excluding hydrogens is 640 g/mol. The van der Waals surface area contributed by atoms with E-state index in [1.165, 1.54) is 6.92 Å². The molecule has 3 heterocycles. The third-order valence-electron chi connectivity index (χ3n) is 8.50. The average Bonchev–Trinajstić information content (AvgIpc) is 3.52. The Kier molecular flexibility index (Phi) is 8.74. The van der Waals surface area contributed by atoms with Crippen molar-refractivity contribution < 1.29 is 39.6 Å². The number of aromatic nitrogens is 1. The van der Waals surface area contributed by atoms with Crippen LogP contribution in [0.25, 0.3) is 28.3 Å². The Bertz CT molecular complexity index is 1960. The van der Waals surface area contributed by atoms with Crippen LogP contribution < -0.4 is 13.8 Å². The van der Waals surface area contributed by atoms with Gasteiger partial charge in [0.2, 0.25) is 11.8 Å². The first kappa shape index (κ1) is 31.6. The fourth-order valence-electron chi connectivity index (χ4n) is 5.86. The molecule has 4 atom stereocenters. The van der Waals surface area contributed by atoms with Crippen molar-refractivity contribution in [3.63, 3.8) is 0 Å². The number of aryl methyl sites for hydroxylation is 1. The number of hydrogen-bond acceptors (Lipinski definition) is 6. The molecule has 0 amide bonds. The number of halogens is 1. The van der Waals surface area contributed by atoms with Gasteiger partial charge in [-0.15, -0.1) is 0 Å². The molecule has 1 fully saturated rings. The van der Waals surface area contributed by atoms with E-state index in [-0.39, 0.29) is 17.4 Å². The summed E-state index contributed by atoms with van der Waals surface area (Å²) in [4.78, 5) is 0. The predicted molar refractivity (Wildman–Crippen MR) is 173 cm³/mol. The maximum atomic E-state index is 11.8. The summed E-state index contributed by atoms with van der Waals surface area (Å²) in [5.74, 6) is 1.60. The van der Waals surface area contributed by atoms with Crippen molar-refractivity contribution in [1.82, 2.24) is 4.48 Å². The fourth-order valence-corrected chi connectivity index (χ4v) is 6.86. The summed E-state index contributed by atoms with van der Waals surface area (Å²) in [6.07, 6.45) is 4.40. The molecule has 2 aliphatic heterocycles. The minimum Gasteiger partial charge on any atom is -0.406 e. The molecule has 0 saturated carbocycles. The quantitative estimate of drug-likeness (QED) is 0.0833. The Hall–Kier alpha value is -3.36. The number of rotatable bonds is 10. The maximum absolute atomic E-state index is 11.8. The molecule has 3 aromatic carbocycles. The zero-order valence-corrected chi connectivity index (χ0v) is 27.0. The molecule has 6 rings (SSSR count). The van der Waals surface area contributed by atoms with Crippen LogP contribution in [0.2, 0.25) is 5.02 Å². The summed E-state index contributed by atoms with van der Waals surface area (Å²) in [7, 11) is -4.22. The van der Waals surface area contributed by atoms with Gasteiger partial charge in [0, 0.05) is 29.7 Å². The SMILES string of the molecule is CCC(=Cc1oc2ccc(-c3ccccc3)cc2[n+]1CCC(C)S(=O)(=O)O)/C=C1/Oc2ccc(Cl)cc2[N+]12CCC2OS(=O)O. The van der Waals surface area contributed by atoms with Crippen molar-refractivity contribution in [2.45, 2.75) is 51.1 Å². The van der Waals surface area contributed by atoms with Crippen LogP contribution in [0.3, 0.4) is 0 Å². The number of fused-ring (bicyclic) bond motifs is 3. The van der Waals surface area contributed by atoms with E-state index < -0.39 is 33.0 Å². The van der Waals surface area contributed by atoms with Gasteiger partial charge in [-0.05, 0) is 48.2 Å². The predicted octanol–water partition coefficient (Wildman–Crippen LogP) is 6.62. The smallest absolute Gasteiger partial charge is 0.374 e. The number of nitrogens with zero attached hydrogens (tertiary/aromatic N) is 2. The van der Waals surface area contributed by atoms with Crippen molar-refractivity contribution in [3.8, 4) is 16.9 Å². The van der Waals surface area contributed by atoms with Crippen LogP contribution in [0.15, 0.2) is 88.7 Å². The van der Waals surface area contributed by atoms with Gasteiger partial charge < -0.3 is 9.15 Å². The third kappa shape index (κ3) is 6.11. The molecule has 13 heteroatoms. The van der Waals surface area contributed by atoms with Crippen LogP contribution in [0, 0.1) is 0 Å². The Balaban J connectivity index is 1.45. The second-order valence-corrected chi connectivity index (χ2v) is 14.1. The Morgan fingerprint density at radius 2 is 1.96 bits per heavy atom. The number of oxazole rings is 1. The number of hydrogen-bond donors (Lipinski definition) is 2. The Labute approximate surface area is 269 Å². The first-order chi connectivity index (χ1) is 21.5. The van der Waals surface area contributed by atoms with Crippen LogP contribution in [0.4, 0.5) is 5.69 Å². The molecule has 236 valence electrons. The molecule has 1 spiro atoms. The number of ether oxygens (including phenoxy) is 1. The molecule has 0 bridgehead atoms. The van der Waals surface area contributed by atoms with E-state index in [0.717, 1.165) is 27.9 Å². The van der Waals surface area contributed by atoms with Crippen LogP contribution in [-0.2, 0) is 32.2 Å². The van der Waals surface area contributed by atoms with E-state index in [9.17, 15) is 21.7 Å². The van der Waals surface area contributed by atoms with Gasteiger partial charge in [-0.1, -0.05) is 54.9 Å². The molecule has 1 aromatic heterocycles. The normalized spacial score (nSPS) is 21.9. The standard InChI is InChI=1S/C32H31ClN2O8S2/c1-3-22(18-32-35(16-14-31(35)43-44(36)37)27-20-25(33)10-12-29(27)42-32)17-30-34(15-13-21(2)45(38,39)40)26-19-24(9-11-28(26)41-30)23-7-5-4-6-8-23/h4-12,17-21,31H,3,13-16H2,1-2H3/p+2/b22-17?,32-18+. The number of quaternary nitrogens is 1. The fraction of sp³-hybridized carbons (Fsp3) is 0.281. The number of benzene rings is 3. The second kappa shape index (κ2) is 12.4. The van der Waals surface area contributed by atoms with E-state index in [0.29, 0.717) is 47.5 Å². The van der Waals surface area contributed by atoms with Gasteiger partial charge in [-0.25, -0.2) is 4.18 Å². The summed E-state index contributed by atoms with van der Waals surface area (Å²) in [5, 5.41) is -0.464. The highest BCUT2D eigenvalue weighted by molar-refractivity contribution is 7.86. The van der Waals surface area contributed by atoms with Gasteiger partial charge in [-0.2, -0.15) is 21.7 Å². The van der Waals surface area contributed by atoms with Crippen molar-refractivity contribution >= 4 is 55.9 Å². The van der Waals surface area contributed by atoms with E-state index in [1.54, 1.807) is 18.2 Å². The molecule has 2 aliphatic rings. The molecule has 45 heavy (non-hydrogen) atoms. The van der Waals surface area contributed by atoms with Crippen molar-refractivity contribution in [2.75, 3.05) is 6.54 Å². The largest absolute Gasteiger partial charge is 0.406 e. The van der Waals surface area contributed by atoms with Crippen LogP contribution in [-0.4, -0.2) is 39.8 Å². The highest BCUT2D eigenvalue weighted by atomic mass is 35.5. The van der Waals surface area contributed by atoms with Gasteiger partial charge in [0.05, 0.1) is 17.7 Å². The van der Waals surface area contributed by atoms with Crippen LogP contribution in [0.5, 0.6) is 5.75 Å². The van der Waals surface area contributed by atoms with E-state index in [4.69, 9.17) is 24.9 Å². The van der Waals surface area contributed by atoms with Crippen LogP contribution >= 0.6 is 11.6 Å². The molecule has 4 unspecified atom stereocenters. The van der Waals surface area contributed by atoms with Gasteiger partial charge in [0.1, 0.15) is 6.54 Å². The van der Waals surface area contributed by atoms with Crippen LogP contribution in [0.1, 0.15) is 39.0 Å². The van der Waals surface area contributed by atoms with E-state index >= 15 is 0 Å². The van der Waals surface area contributed by atoms with Gasteiger partial charge in [0.15, 0.2) is 18.0 Å². The summed E-state index contributed by atoms with van der Waals surface area (Å²) < 4.78 is 74.6. The highest BCUT2D eigenvalue weighted by Gasteiger charge is 2.60. The molecular formula is C32H33ClN2O8S2+2. The van der Waals surface area contributed by atoms with Gasteiger partial charge >= 0.3 is 23.1 Å². The molecule has 0 radical (unpaired) electrons. The van der Waals surface area contributed by atoms with Crippen molar-refractivity contribution in [1.29, 1.82) is 0 Å². The minimum atomic E-state index is -4.22. The summed E-state index contributed by atoms with van der Waals surface area (Å²) >= 11 is 3.87. The lowest BCUT2D eigenvalue weighted by atomic mass is 10.0.